The van der Waals surface area contributed by atoms with Crippen molar-refractivity contribution in [1.82, 2.24) is 15.5 Å². The van der Waals surface area contributed by atoms with Crippen molar-refractivity contribution in [2.75, 3.05) is 19.7 Å². The molecule has 0 aromatic heterocycles. The van der Waals surface area contributed by atoms with E-state index in [9.17, 15) is 19.5 Å². The van der Waals surface area contributed by atoms with E-state index >= 15 is 0 Å². The molecule has 32 heavy (non-hydrogen) atoms. The first-order chi connectivity index (χ1) is 15.3. The minimum Gasteiger partial charge on any atom is -0.396 e. The summed E-state index contributed by atoms with van der Waals surface area (Å²) in [5.74, 6) is -1.69. The van der Waals surface area contributed by atoms with Crippen LogP contribution >= 0.6 is 0 Å². The van der Waals surface area contributed by atoms with Crippen molar-refractivity contribution in [3.63, 3.8) is 0 Å². The monoisotopic (exact) mass is 451 g/mol. The molecule has 3 saturated heterocycles. The summed E-state index contributed by atoms with van der Waals surface area (Å²) < 4.78 is 6.68. The van der Waals surface area contributed by atoms with Crippen molar-refractivity contribution in [3.8, 4) is 0 Å². The van der Waals surface area contributed by atoms with E-state index in [4.69, 9.17) is 4.74 Å². The zero-order chi connectivity index (χ0) is 23.5. The second kappa shape index (κ2) is 10.1. The van der Waals surface area contributed by atoms with Gasteiger partial charge in [0.1, 0.15) is 11.6 Å². The number of rotatable bonds is 12. The Morgan fingerprint density at radius 1 is 1.19 bits per heavy atom. The van der Waals surface area contributed by atoms with Gasteiger partial charge in [-0.25, -0.2) is 0 Å². The second-order valence-corrected chi connectivity index (χ2v) is 9.78. The highest BCUT2D eigenvalue weighted by Crippen LogP contribution is 2.64. The van der Waals surface area contributed by atoms with E-state index in [1.54, 1.807) is 4.90 Å². The first-order valence-corrected chi connectivity index (χ1v) is 12.5. The van der Waals surface area contributed by atoms with E-state index in [1.807, 2.05) is 20.8 Å². The Hall–Kier alpha value is -1.67. The fourth-order valence-corrected chi connectivity index (χ4v) is 6.24. The lowest BCUT2D eigenvalue weighted by Gasteiger charge is -2.34. The van der Waals surface area contributed by atoms with Crippen LogP contribution in [-0.2, 0) is 19.1 Å². The number of aliphatic hydroxyl groups is 1. The zero-order valence-corrected chi connectivity index (χ0v) is 20.1. The first-order valence-electron chi connectivity index (χ1n) is 12.5. The molecule has 2 bridgehead atoms. The Balaban J connectivity index is 1.97. The fraction of sp³-hybridized carbons (Fsp3) is 0.875. The van der Waals surface area contributed by atoms with Crippen LogP contribution in [0, 0.1) is 11.8 Å². The van der Waals surface area contributed by atoms with Gasteiger partial charge in [0.15, 0.2) is 0 Å². The van der Waals surface area contributed by atoms with Gasteiger partial charge in [-0.3, -0.25) is 14.4 Å². The first kappa shape index (κ1) is 25.0. The predicted molar refractivity (Wildman–Crippen MR) is 121 cm³/mol. The van der Waals surface area contributed by atoms with E-state index in [0.717, 1.165) is 19.3 Å². The Morgan fingerprint density at radius 2 is 1.94 bits per heavy atom. The van der Waals surface area contributed by atoms with Crippen LogP contribution in [0.1, 0.15) is 79.1 Å². The molecular formula is C24H41N3O5. The molecule has 8 heteroatoms. The molecule has 0 aliphatic carbocycles. The maximum absolute atomic E-state index is 13.8. The number of unbranched alkanes of at least 4 members (excludes halogenated alkanes) is 1. The number of hydrogen-bond acceptors (Lipinski definition) is 5. The van der Waals surface area contributed by atoms with Crippen LogP contribution in [0.25, 0.3) is 0 Å². The molecule has 3 heterocycles. The summed E-state index contributed by atoms with van der Waals surface area (Å²) in [6.07, 6.45) is 5.70. The Bertz CT molecular complexity index is 716. The number of carbonyl (C=O) groups excluding carboxylic acids is 3. The molecule has 3 rings (SSSR count). The lowest BCUT2D eigenvalue weighted by atomic mass is 9.65. The Morgan fingerprint density at radius 3 is 2.56 bits per heavy atom. The van der Waals surface area contributed by atoms with Crippen LogP contribution in [0.5, 0.6) is 0 Å². The zero-order valence-electron chi connectivity index (χ0n) is 20.1. The van der Waals surface area contributed by atoms with Gasteiger partial charge < -0.3 is 25.4 Å². The third kappa shape index (κ3) is 4.04. The number of likely N-dealkylation sites (tertiary alicyclic amines) is 1. The van der Waals surface area contributed by atoms with E-state index in [-0.39, 0.29) is 30.4 Å². The van der Waals surface area contributed by atoms with Gasteiger partial charge in [-0.15, -0.1) is 0 Å². The van der Waals surface area contributed by atoms with Gasteiger partial charge in [0.05, 0.1) is 17.4 Å². The van der Waals surface area contributed by atoms with Crippen molar-refractivity contribution in [1.29, 1.82) is 0 Å². The molecular weight excluding hydrogens is 410 g/mol. The number of carbonyl (C=O) groups is 3. The topological polar surface area (TPSA) is 108 Å². The molecule has 3 aliphatic heterocycles. The summed E-state index contributed by atoms with van der Waals surface area (Å²) >= 11 is 0. The van der Waals surface area contributed by atoms with Crippen molar-refractivity contribution in [2.45, 2.75) is 102 Å². The maximum Gasteiger partial charge on any atom is 0.246 e. The van der Waals surface area contributed by atoms with Gasteiger partial charge in [0.25, 0.3) is 0 Å². The maximum atomic E-state index is 13.8. The van der Waals surface area contributed by atoms with E-state index in [0.29, 0.717) is 45.2 Å². The molecule has 3 unspecified atom stereocenters. The third-order valence-electron chi connectivity index (χ3n) is 7.68. The van der Waals surface area contributed by atoms with Crippen LogP contribution in [0.3, 0.4) is 0 Å². The quantitative estimate of drug-likeness (QED) is 0.392. The van der Waals surface area contributed by atoms with Gasteiger partial charge in [-0.05, 0) is 51.9 Å². The number of fused-ring (bicyclic) bond motifs is 1. The van der Waals surface area contributed by atoms with Crippen LogP contribution in [0.15, 0.2) is 0 Å². The average Bonchev–Trinajstić information content (AvgIpc) is 3.36. The van der Waals surface area contributed by atoms with Gasteiger partial charge in [0.2, 0.25) is 17.7 Å². The van der Waals surface area contributed by atoms with Crippen LogP contribution in [0.4, 0.5) is 0 Å². The summed E-state index contributed by atoms with van der Waals surface area (Å²) in [4.78, 5) is 42.2. The van der Waals surface area contributed by atoms with Crippen molar-refractivity contribution in [3.05, 3.63) is 0 Å². The molecule has 0 aromatic carbocycles. The molecule has 3 aliphatic rings. The molecule has 0 saturated carbocycles. The van der Waals surface area contributed by atoms with Gasteiger partial charge >= 0.3 is 0 Å². The highest BCUT2D eigenvalue weighted by atomic mass is 16.5. The SMILES string of the molecule is CCCNC(=O)[C@@H]1[C@H]2C(=O)N(CCCCO)C(C(=O)NC(C)CCC)C23CC[C@@]1(CC)O3. The summed E-state index contributed by atoms with van der Waals surface area (Å²) in [5.41, 5.74) is -1.65. The van der Waals surface area contributed by atoms with E-state index in [1.165, 1.54) is 0 Å². The summed E-state index contributed by atoms with van der Waals surface area (Å²) in [6, 6.07) is -0.741. The minimum atomic E-state index is -0.962. The minimum absolute atomic E-state index is 0.000248. The third-order valence-corrected chi connectivity index (χ3v) is 7.68. The summed E-state index contributed by atoms with van der Waals surface area (Å²) in [5, 5.41) is 15.3. The lowest BCUT2D eigenvalue weighted by Crippen LogP contribution is -2.56. The molecule has 1 spiro atoms. The van der Waals surface area contributed by atoms with Gasteiger partial charge in [-0.1, -0.05) is 27.2 Å². The number of nitrogens with one attached hydrogen (secondary N) is 2. The average molecular weight is 452 g/mol. The molecule has 3 N–H and O–H groups in total. The summed E-state index contributed by atoms with van der Waals surface area (Å²) in [6.45, 7) is 9.02. The summed E-state index contributed by atoms with van der Waals surface area (Å²) in [7, 11) is 0. The van der Waals surface area contributed by atoms with Crippen molar-refractivity contribution >= 4 is 17.7 Å². The van der Waals surface area contributed by atoms with Crippen molar-refractivity contribution in [2.24, 2.45) is 11.8 Å². The van der Waals surface area contributed by atoms with Crippen LogP contribution in [0.2, 0.25) is 0 Å². The van der Waals surface area contributed by atoms with Crippen molar-refractivity contribution < 1.29 is 24.2 Å². The van der Waals surface area contributed by atoms with E-state index < -0.39 is 29.1 Å². The highest BCUT2D eigenvalue weighted by Gasteiger charge is 2.78. The molecule has 182 valence electrons. The number of nitrogens with zero attached hydrogens (tertiary/aromatic N) is 1. The standard InChI is InChI=1S/C24H41N3O5/c1-5-10-16(4)26-21(30)19-24-12-11-23(7-3,32-24)17(20(29)25-13-6-2)18(24)22(31)27(19)14-8-9-15-28/h16-19,28H,5-15H2,1-4H3,(H,25,29)(H,26,30)/t16?,17-,18-,19?,23+,24?/m0/s1. The lowest BCUT2D eigenvalue weighted by molar-refractivity contribution is -0.148. The van der Waals surface area contributed by atoms with Gasteiger partial charge in [0, 0.05) is 25.7 Å². The van der Waals surface area contributed by atoms with Crippen LogP contribution < -0.4 is 10.6 Å². The molecule has 3 amide bonds. The predicted octanol–water partition coefficient (Wildman–Crippen LogP) is 1.74. The molecule has 8 nitrogen and oxygen atoms in total. The molecule has 0 aromatic rings. The number of hydrogen-bond donors (Lipinski definition) is 3. The van der Waals surface area contributed by atoms with Crippen LogP contribution in [-0.4, -0.2) is 70.7 Å². The number of aliphatic hydroxyl groups excluding tert-OH is 1. The number of amides is 3. The Labute approximate surface area is 191 Å². The smallest absolute Gasteiger partial charge is 0.246 e. The molecule has 0 radical (unpaired) electrons. The second-order valence-electron chi connectivity index (χ2n) is 9.78. The van der Waals surface area contributed by atoms with Gasteiger partial charge in [-0.2, -0.15) is 0 Å². The number of ether oxygens (including phenoxy) is 1. The fourth-order valence-electron chi connectivity index (χ4n) is 6.24. The van der Waals surface area contributed by atoms with E-state index in [2.05, 4.69) is 17.6 Å². The Kier molecular flexibility index (Phi) is 7.86. The molecule has 6 atom stereocenters. The largest absolute Gasteiger partial charge is 0.396 e. The molecule has 3 fully saturated rings. The normalized spacial score (nSPS) is 34.0. The highest BCUT2D eigenvalue weighted by molar-refractivity contribution is 5.99.